The lowest BCUT2D eigenvalue weighted by atomic mass is 9.91. The monoisotopic (exact) mass is 855 g/mol. The Bertz CT molecular complexity index is 3570. The van der Waals surface area contributed by atoms with Crippen LogP contribution in [0.25, 0.3) is 123 Å². The number of rotatable bonds is 9. The molecule has 12 rings (SSSR count). The van der Waals surface area contributed by atoms with Gasteiger partial charge in [0.15, 0.2) is 5.82 Å². The zero-order valence-electron chi connectivity index (χ0n) is 36.4. The highest BCUT2D eigenvalue weighted by atomic mass is 16.3. The minimum atomic E-state index is 0.699. The van der Waals surface area contributed by atoms with E-state index < -0.39 is 0 Å². The van der Waals surface area contributed by atoms with Crippen molar-refractivity contribution in [2.75, 3.05) is 0 Å². The SMILES string of the molecule is c1ccc(-c2cc(-c3ccccc3)cc(-c3oc4c(c(-c5ccccc5)nc5ccccc54)c3-c3ccc(-c4ccc(-c5cc(-c6ccccc6)nc(-c6ccccc6)n5)cc4)cc3)c2)cc1. The Morgan fingerprint density at radius 1 is 0.284 bits per heavy atom. The smallest absolute Gasteiger partial charge is 0.160 e. The third-order valence-electron chi connectivity index (χ3n) is 12.5. The summed E-state index contributed by atoms with van der Waals surface area (Å²) in [5.41, 5.74) is 18.2. The minimum Gasteiger partial charge on any atom is -0.455 e. The summed E-state index contributed by atoms with van der Waals surface area (Å²) in [6.45, 7) is 0. The van der Waals surface area contributed by atoms with Gasteiger partial charge in [-0.25, -0.2) is 15.0 Å². The molecule has 0 radical (unpaired) electrons. The van der Waals surface area contributed by atoms with Crippen molar-refractivity contribution in [3.8, 4) is 101 Å². The quantitative estimate of drug-likeness (QED) is 0.145. The Morgan fingerprint density at radius 2 is 0.687 bits per heavy atom. The number of benzene rings is 9. The van der Waals surface area contributed by atoms with Gasteiger partial charge in [-0.2, -0.15) is 0 Å². The van der Waals surface area contributed by atoms with Gasteiger partial charge < -0.3 is 4.42 Å². The maximum Gasteiger partial charge on any atom is 0.160 e. The van der Waals surface area contributed by atoms with Crippen LogP contribution < -0.4 is 0 Å². The molecule has 0 aliphatic carbocycles. The van der Waals surface area contributed by atoms with Crippen LogP contribution in [0.3, 0.4) is 0 Å². The summed E-state index contributed by atoms with van der Waals surface area (Å²) in [6, 6.07) is 86.8. The molecule has 0 aliphatic heterocycles. The van der Waals surface area contributed by atoms with E-state index in [1.807, 2.05) is 48.5 Å². The van der Waals surface area contributed by atoms with Gasteiger partial charge in [0.1, 0.15) is 11.3 Å². The number of hydrogen-bond donors (Lipinski definition) is 0. The molecule has 0 bridgehead atoms. The molecule has 4 heteroatoms. The molecule has 314 valence electrons. The van der Waals surface area contributed by atoms with Crippen molar-refractivity contribution < 1.29 is 4.42 Å². The summed E-state index contributed by atoms with van der Waals surface area (Å²) in [5.74, 6) is 1.50. The molecule has 0 atom stereocenters. The van der Waals surface area contributed by atoms with E-state index in [0.29, 0.717) is 5.82 Å². The largest absolute Gasteiger partial charge is 0.455 e. The lowest BCUT2D eigenvalue weighted by molar-refractivity contribution is 0.636. The van der Waals surface area contributed by atoms with Gasteiger partial charge in [-0.3, -0.25) is 0 Å². The van der Waals surface area contributed by atoms with Gasteiger partial charge in [0, 0.05) is 38.8 Å². The van der Waals surface area contributed by atoms with Crippen LogP contribution in [0, 0.1) is 0 Å². The van der Waals surface area contributed by atoms with Gasteiger partial charge in [0.05, 0.1) is 28.0 Å². The molecule has 12 aromatic rings. The van der Waals surface area contributed by atoms with Crippen LogP contribution in [-0.4, -0.2) is 15.0 Å². The first-order valence-corrected chi connectivity index (χ1v) is 22.6. The van der Waals surface area contributed by atoms with E-state index in [1.165, 1.54) is 0 Å². The highest BCUT2D eigenvalue weighted by Gasteiger charge is 2.25. The van der Waals surface area contributed by atoms with Gasteiger partial charge in [-0.15, -0.1) is 0 Å². The molecule has 0 aliphatic rings. The van der Waals surface area contributed by atoms with Gasteiger partial charge in [0.25, 0.3) is 0 Å². The van der Waals surface area contributed by atoms with Crippen molar-refractivity contribution in [1.82, 2.24) is 15.0 Å². The highest BCUT2D eigenvalue weighted by Crippen LogP contribution is 2.48. The van der Waals surface area contributed by atoms with Crippen molar-refractivity contribution in [2.45, 2.75) is 0 Å². The molecule has 9 aromatic carbocycles. The first-order chi connectivity index (χ1) is 33.2. The number of pyridine rings is 1. The molecule has 0 saturated heterocycles. The second-order valence-corrected chi connectivity index (χ2v) is 16.7. The summed E-state index contributed by atoms with van der Waals surface area (Å²) >= 11 is 0. The fourth-order valence-corrected chi connectivity index (χ4v) is 9.15. The maximum absolute atomic E-state index is 7.29. The number of hydrogen-bond acceptors (Lipinski definition) is 4. The Labute approximate surface area is 389 Å². The summed E-state index contributed by atoms with van der Waals surface area (Å²) in [6.07, 6.45) is 0. The summed E-state index contributed by atoms with van der Waals surface area (Å²) in [5, 5.41) is 1.96. The Balaban J connectivity index is 1.01. The van der Waals surface area contributed by atoms with Crippen LogP contribution >= 0.6 is 0 Å². The molecule has 4 nitrogen and oxygen atoms in total. The van der Waals surface area contributed by atoms with Crippen LogP contribution in [0.15, 0.2) is 253 Å². The number of fused-ring (bicyclic) bond motifs is 3. The van der Waals surface area contributed by atoms with E-state index in [0.717, 1.165) is 117 Å². The predicted molar refractivity (Wildman–Crippen MR) is 276 cm³/mol. The Morgan fingerprint density at radius 3 is 1.24 bits per heavy atom. The normalized spacial score (nSPS) is 11.3. The number of nitrogens with zero attached hydrogens (tertiary/aromatic N) is 3. The molecule has 0 fully saturated rings. The first-order valence-electron chi connectivity index (χ1n) is 22.6. The second-order valence-electron chi connectivity index (χ2n) is 16.7. The maximum atomic E-state index is 7.29. The van der Waals surface area contributed by atoms with Crippen molar-refractivity contribution in [3.05, 3.63) is 249 Å². The third-order valence-corrected chi connectivity index (χ3v) is 12.5. The van der Waals surface area contributed by atoms with Crippen molar-refractivity contribution in [2.24, 2.45) is 0 Å². The zero-order chi connectivity index (χ0) is 44.5. The first kappa shape index (κ1) is 39.6. The van der Waals surface area contributed by atoms with Crippen LogP contribution in [0.1, 0.15) is 0 Å². The van der Waals surface area contributed by atoms with Gasteiger partial charge >= 0.3 is 0 Å². The molecule has 0 spiro atoms. The summed E-state index contributed by atoms with van der Waals surface area (Å²) in [4.78, 5) is 15.4. The third kappa shape index (κ3) is 7.67. The van der Waals surface area contributed by atoms with Gasteiger partial charge in [0.2, 0.25) is 0 Å². The highest BCUT2D eigenvalue weighted by molar-refractivity contribution is 6.17. The zero-order valence-corrected chi connectivity index (χ0v) is 36.4. The van der Waals surface area contributed by atoms with E-state index in [-0.39, 0.29) is 0 Å². The summed E-state index contributed by atoms with van der Waals surface area (Å²) < 4.78 is 7.29. The second kappa shape index (κ2) is 17.2. The van der Waals surface area contributed by atoms with Crippen molar-refractivity contribution in [1.29, 1.82) is 0 Å². The number of furan rings is 1. The molecule has 0 amide bonds. The standard InChI is InChI=1S/C63H41N3O/c1-6-18-42(19-7-1)51-38-52(43-20-8-2-9-21-43)40-53(39-51)61-58(59-60(49-24-12-4-13-25-49)64-55-29-17-16-28-54(55)62(59)67-61)48-36-32-45(33-37-48)44-30-34-47(35-31-44)57-41-56(46-22-10-3-11-23-46)65-63(66-57)50-26-14-5-15-27-50/h1-41H. The van der Waals surface area contributed by atoms with E-state index >= 15 is 0 Å². The van der Waals surface area contributed by atoms with Crippen LogP contribution in [0.5, 0.6) is 0 Å². The lowest BCUT2D eigenvalue weighted by Gasteiger charge is -2.12. The molecule has 3 heterocycles. The van der Waals surface area contributed by atoms with Crippen LogP contribution in [-0.2, 0) is 0 Å². The molecule has 0 unspecified atom stereocenters. The van der Waals surface area contributed by atoms with Gasteiger partial charge in [-0.05, 0) is 75.3 Å². The average Bonchev–Trinajstić information content (AvgIpc) is 3.83. The molecule has 0 saturated carbocycles. The fraction of sp³-hybridized carbons (Fsp3) is 0. The van der Waals surface area contributed by atoms with E-state index in [9.17, 15) is 0 Å². The topological polar surface area (TPSA) is 51.8 Å². The Kier molecular flexibility index (Phi) is 10.2. The molecule has 0 N–H and O–H groups in total. The summed E-state index contributed by atoms with van der Waals surface area (Å²) in [7, 11) is 0. The molecule has 67 heavy (non-hydrogen) atoms. The minimum absolute atomic E-state index is 0.699. The Hall–Kier alpha value is -8.99. The number of aromatic nitrogens is 3. The van der Waals surface area contributed by atoms with Crippen LogP contribution in [0.2, 0.25) is 0 Å². The van der Waals surface area contributed by atoms with E-state index in [4.69, 9.17) is 19.4 Å². The predicted octanol–water partition coefficient (Wildman–Crippen LogP) is 16.8. The van der Waals surface area contributed by atoms with Crippen LogP contribution in [0.4, 0.5) is 0 Å². The van der Waals surface area contributed by atoms with Crippen molar-refractivity contribution in [3.63, 3.8) is 0 Å². The number of para-hydroxylation sites is 1. The lowest BCUT2D eigenvalue weighted by Crippen LogP contribution is -1.95. The molecular weight excluding hydrogens is 815 g/mol. The molecular formula is C63H41N3O. The van der Waals surface area contributed by atoms with Crippen molar-refractivity contribution >= 4 is 21.9 Å². The van der Waals surface area contributed by atoms with Gasteiger partial charge in [-0.1, -0.05) is 212 Å². The van der Waals surface area contributed by atoms with E-state index in [1.54, 1.807) is 0 Å². The van der Waals surface area contributed by atoms with E-state index in [2.05, 4.69) is 200 Å². The average molecular weight is 856 g/mol. The fourth-order valence-electron chi connectivity index (χ4n) is 9.15. The molecule has 3 aromatic heterocycles.